The lowest BCUT2D eigenvalue weighted by Crippen LogP contribution is -2.33. The maximum Gasteiger partial charge on any atom is 0.322 e. The second-order valence-electron chi connectivity index (χ2n) is 5.96. The average Bonchev–Trinajstić information content (AvgIpc) is 2.68. The monoisotopic (exact) mass is 383 g/mol. The molecule has 144 valence electrons. The molecule has 8 heteroatoms. The zero-order valence-electron chi connectivity index (χ0n) is 14.9. The number of carbonyl (C=O) groups excluding carboxylic acids is 1. The number of carboxylic acid groups (broad SMARTS) is 1. The van der Waals surface area contributed by atoms with Crippen LogP contribution in [0.4, 0.5) is 0 Å². The number of rotatable bonds is 7. The second-order valence-corrected chi connectivity index (χ2v) is 5.96. The Labute approximate surface area is 159 Å². The SMILES string of the molecule is Cc1ccc(Oc2coc3cc(OCC(=O)NCC(=O)O)ccc3c2=O)cc1. The van der Waals surface area contributed by atoms with Gasteiger partial charge in [-0.05, 0) is 31.2 Å². The number of nitrogens with one attached hydrogen (secondary N) is 1. The Balaban J connectivity index is 1.73. The van der Waals surface area contributed by atoms with E-state index in [4.69, 9.17) is 19.0 Å². The molecular weight excluding hydrogens is 366 g/mol. The van der Waals surface area contributed by atoms with Crippen LogP contribution in [-0.2, 0) is 9.59 Å². The summed E-state index contributed by atoms with van der Waals surface area (Å²) in [7, 11) is 0. The molecular formula is C20H17NO7. The van der Waals surface area contributed by atoms with E-state index in [-0.39, 0.29) is 23.4 Å². The maximum absolute atomic E-state index is 12.6. The van der Waals surface area contributed by atoms with E-state index in [0.29, 0.717) is 16.9 Å². The smallest absolute Gasteiger partial charge is 0.322 e. The van der Waals surface area contributed by atoms with Crippen LogP contribution in [0.25, 0.3) is 11.0 Å². The van der Waals surface area contributed by atoms with Crippen molar-refractivity contribution in [3.8, 4) is 17.2 Å². The number of carbonyl (C=O) groups is 2. The number of hydrogen-bond donors (Lipinski definition) is 2. The first-order valence-electron chi connectivity index (χ1n) is 8.34. The van der Waals surface area contributed by atoms with Gasteiger partial charge in [-0.1, -0.05) is 17.7 Å². The number of carboxylic acids is 1. The Hall–Kier alpha value is -3.81. The largest absolute Gasteiger partial charge is 0.484 e. The fraction of sp³-hybridized carbons (Fsp3) is 0.150. The van der Waals surface area contributed by atoms with Gasteiger partial charge in [0.2, 0.25) is 11.2 Å². The molecule has 0 saturated heterocycles. The Bertz CT molecular complexity index is 1070. The van der Waals surface area contributed by atoms with Crippen molar-refractivity contribution in [3.05, 3.63) is 64.5 Å². The predicted octanol–water partition coefficient (Wildman–Crippen LogP) is 2.47. The highest BCUT2D eigenvalue weighted by Gasteiger charge is 2.11. The summed E-state index contributed by atoms with van der Waals surface area (Å²) in [6.07, 6.45) is 1.22. The number of ether oxygens (including phenoxy) is 2. The Morgan fingerprint density at radius 3 is 2.54 bits per heavy atom. The molecule has 0 unspecified atom stereocenters. The highest BCUT2D eigenvalue weighted by molar-refractivity contribution is 5.82. The summed E-state index contributed by atoms with van der Waals surface area (Å²) in [5.74, 6) is -0.855. The Kier molecular flexibility index (Phi) is 5.59. The fourth-order valence-electron chi connectivity index (χ4n) is 2.36. The lowest BCUT2D eigenvalue weighted by Gasteiger charge is -2.08. The summed E-state index contributed by atoms with van der Waals surface area (Å²) in [6, 6.07) is 11.7. The van der Waals surface area contributed by atoms with Gasteiger partial charge in [0.1, 0.15) is 29.9 Å². The van der Waals surface area contributed by atoms with Gasteiger partial charge in [-0.3, -0.25) is 14.4 Å². The van der Waals surface area contributed by atoms with Crippen LogP contribution in [0.1, 0.15) is 5.56 Å². The number of aliphatic carboxylic acids is 1. The highest BCUT2D eigenvalue weighted by atomic mass is 16.5. The van der Waals surface area contributed by atoms with Crippen molar-refractivity contribution >= 4 is 22.8 Å². The summed E-state index contributed by atoms with van der Waals surface area (Å²) >= 11 is 0. The molecule has 1 heterocycles. The van der Waals surface area contributed by atoms with Gasteiger partial charge in [-0.15, -0.1) is 0 Å². The average molecular weight is 383 g/mol. The third-order valence-electron chi connectivity index (χ3n) is 3.77. The minimum Gasteiger partial charge on any atom is -0.484 e. The van der Waals surface area contributed by atoms with E-state index >= 15 is 0 Å². The summed E-state index contributed by atoms with van der Waals surface area (Å²) in [6.45, 7) is 1.10. The summed E-state index contributed by atoms with van der Waals surface area (Å²) in [4.78, 5) is 34.5. The molecule has 0 saturated carbocycles. The van der Waals surface area contributed by atoms with Crippen molar-refractivity contribution in [2.75, 3.05) is 13.2 Å². The number of hydrogen-bond acceptors (Lipinski definition) is 6. The lowest BCUT2D eigenvalue weighted by atomic mass is 10.2. The van der Waals surface area contributed by atoms with E-state index in [2.05, 4.69) is 5.32 Å². The number of aryl methyl sites for hydroxylation is 1. The standard InChI is InChI=1S/C20H17NO7/c1-12-2-4-13(5-3-12)28-17-10-27-16-8-14(6-7-15(16)20(17)25)26-11-18(22)21-9-19(23)24/h2-8,10H,9,11H2,1H3,(H,21,22)(H,23,24). The summed E-state index contributed by atoms with van der Waals surface area (Å²) in [5.41, 5.74) is 0.999. The molecule has 0 fully saturated rings. The van der Waals surface area contributed by atoms with Gasteiger partial charge in [0, 0.05) is 6.07 Å². The van der Waals surface area contributed by atoms with Crippen LogP contribution in [0, 0.1) is 6.92 Å². The first kappa shape index (κ1) is 19.0. The van der Waals surface area contributed by atoms with Crippen LogP contribution >= 0.6 is 0 Å². The van der Waals surface area contributed by atoms with Crippen molar-refractivity contribution in [2.45, 2.75) is 6.92 Å². The third kappa shape index (κ3) is 4.67. The highest BCUT2D eigenvalue weighted by Crippen LogP contribution is 2.24. The number of amides is 1. The molecule has 3 aromatic rings. The third-order valence-corrected chi connectivity index (χ3v) is 3.77. The fourth-order valence-corrected chi connectivity index (χ4v) is 2.36. The van der Waals surface area contributed by atoms with Crippen LogP contribution in [0.15, 0.2) is 57.9 Å². The summed E-state index contributed by atoms with van der Waals surface area (Å²) in [5, 5.41) is 11.0. The molecule has 8 nitrogen and oxygen atoms in total. The molecule has 28 heavy (non-hydrogen) atoms. The normalized spacial score (nSPS) is 10.5. The topological polar surface area (TPSA) is 115 Å². The van der Waals surface area contributed by atoms with Crippen molar-refractivity contribution in [1.29, 1.82) is 0 Å². The van der Waals surface area contributed by atoms with Crippen molar-refractivity contribution in [2.24, 2.45) is 0 Å². The minimum absolute atomic E-state index is 0.0538. The summed E-state index contributed by atoms with van der Waals surface area (Å²) < 4.78 is 16.3. The van der Waals surface area contributed by atoms with Gasteiger partial charge >= 0.3 is 5.97 Å². The van der Waals surface area contributed by atoms with E-state index in [1.54, 1.807) is 12.1 Å². The molecule has 2 N–H and O–H groups in total. The van der Waals surface area contributed by atoms with Gasteiger partial charge in [0.15, 0.2) is 6.61 Å². The van der Waals surface area contributed by atoms with Crippen LogP contribution in [0.2, 0.25) is 0 Å². The van der Waals surface area contributed by atoms with Crippen LogP contribution in [0.3, 0.4) is 0 Å². The van der Waals surface area contributed by atoms with E-state index in [1.165, 1.54) is 24.5 Å². The molecule has 3 rings (SSSR count). The lowest BCUT2D eigenvalue weighted by molar-refractivity contribution is -0.138. The number of benzene rings is 2. The molecule has 0 bridgehead atoms. The Morgan fingerprint density at radius 2 is 1.82 bits per heavy atom. The first-order chi connectivity index (χ1) is 13.4. The van der Waals surface area contributed by atoms with Crippen molar-refractivity contribution < 1.29 is 28.6 Å². The van der Waals surface area contributed by atoms with Crippen LogP contribution in [0.5, 0.6) is 17.2 Å². The van der Waals surface area contributed by atoms with Gasteiger partial charge in [-0.2, -0.15) is 0 Å². The molecule has 0 spiro atoms. The van der Waals surface area contributed by atoms with Crippen molar-refractivity contribution in [3.63, 3.8) is 0 Å². The molecule has 0 aliphatic carbocycles. The van der Waals surface area contributed by atoms with E-state index in [9.17, 15) is 14.4 Å². The van der Waals surface area contributed by atoms with E-state index in [1.807, 2.05) is 19.1 Å². The first-order valence-corrected chi connectivity index (χ1v) is 8.34. The zero-order valence-corrected chi connectivity index (χ0v) is 14.9. The second kappa shape index (κ2) is 8.26. The molecule has 2 aromatic carbocycles. The molecule has 0 aliphatic heterocycles. The van der Waals surface area contributed by atoms with Gasteiger partial charge in [-0.25, -0.2) is 0 Å². The minimum atomic E-state index is -1.15. The molecule has 0 aliphatic rings. The van der Waals surface area contributed by atoms with Crippen molar-refractivity contribution in [1.82, 2.24) is 5.32 Å². The van der Waals surface area contributed by atoms with Crippen LogP contribution in [-0.4, -0.2) is 30.1 Å². The van der Waals surface area contributed by atoms with Gasteiger partial charge in [0.25, 0.3) is 5.91 Å². The number of fused-ring (bicyclic) bond motifs is 1. The molecule has 1 amide bonds. The molecule has 0 atom stereocenters. The predicted molar refractivity (Wildman–Crippen MR) is 99.9 cm³/mol. The van der Waals surface area contributed by atoms with Crippen LogP contribution < -0.4 is 20.2 Å². The van der Waals surface area contributed by atoms with Gasteiger partial charge < -0.3 is 24.3 Å². The maximum atomic E-state index is 12.6. The molecule has 0 radical (unpaired) electrons. The molecule has 1 aromatic heterocycles. The Morgan fingerprint density at radius 1 is 1.11 bits per heavy atom. The van der Waals surface area contributed by atoms with E-state index < -0.39 is 18.4 Å². The van der Waals surface area contributed by atoms with E-state index in [0.717, 1.165) is 5.56 Å². The zero-order chi connectivity index (χ0) is 20.1. The quantitative estimate of drug-likeness (QED) is 0.644. The van der Waals surface area contributed by atoms with Gasteiger partial charge in [0.05, 0.1) is 5.39 Å².